The third-order valence-corrected chi connectivity index (χ3v) is 4.38. The summed E-state index contributed by atoms with van der Waals surface area (Å²) < 4.78 is 17.2. The van der Waals surface area contributed by atoms with Crippen molar-refractivity contribution in [1.29, 1.82) is 0 Å². The van der Waals surface area contributed by atoms with E-state index in [0.717, 1.165) is 5.56 Å². The molecule has 29 heavy (non-hydrogen) atoms. The predicted octanol–water partition coefficient (Wildman–Crippen LogP) is 4.91. The zero-order valence-corrected chi connectivity index (χ0v) is 17.6. The van der Waals surface area contributed by atoms with Crippen LogP contribution in [0, 0.1) is 0 Å². The van der Waals surface area contributed by atoms with E-state index in [1.165, 1.54) is 4.90 Å². The Morgan fingerprint density at radius 3 is 2.72 bits per heavy atom. The summed E-state index contributed by atoms with van der Waals surface area (Å²) in [7, 11) is 3.39. The van der Waals surface area contributed by atoms with Crippen molar-refractivity contribution < 1.29 is 18.7 Å². The van der Waals surface area contributed by atoms with Crippen LogP contribution in [-0.4, -0.2) is 42.6 Å². The van der Waals surface area contributed by atoms with Crippen molar-refractivity contribution in [3.63, 3.8) is 0 Å². The molecule has 1 unspecified atom stereocenters. The molecule has 1 atom stereocenters. The molecule has 1 amide bonds. The van der Waals surface area contributed by atoms with Gasteiger partial charge in [0.1, 0.15) is 5.52 Å². The van der Waals surface area contributed by atoms with Crippen molar-refractivity contribution in [2.24, 2.45) is 0 Å². The SMILES string of the molecule is CCOc1cc(C=Cc2nc3cc(Cl)ccc3o2)ccc1OC(C)C(=O)N(C)C. The Morgan fingerprint density at radius 2 is 2.00 bits per heavy atom. The van der Waals surface area contributed by atoms with Gasteiger partial charge >= 0.3 is 0 Å². The van der Waals surface area contributed by atoms with Gasteiger partial charge in [-0.2, -0.15) is 0 Å². The van der Waals surface area contributed by atoms with Crippen LogP contribution in [0.3, 0.4) is 0 Å². The number of benzene rings is 2. The fraction of sp³-hybridized carbons (Fsp3) is 0.273. The monoisotopic (exact) mass is 414 g/mol. The largest absolute Gasteiger partial charge is 0.490 e. The number of fused-ring (bicyclic) bond motifs is 1. The van der Waals surface area contributed by atoms with E-state index in [0.29, 0.717) is 40.1 Å². The van der Waals surface area contributed by atoms with Crippen LogP contribution >= 0.6 is 11.6 Å². The normalized spacial score (nSPS) is 12.3. The van der Waals surface area contributed by atoms with Gasteiger partial charge in [-0.1, -0.05) is 17.7 Å². The third-order valence-electron chi connectivity index (χ3n) is 4.14. The molecule has 0 aliphatic heterocycles. The Morgan fingerprint density at radius 1 is 1.21 bits per heavy atom. The van der Waals surface area contributed by atoms with E-state index in [9.17, 15) is 4.79 Å². The van der Waals surface area contributed by atoms with Crippen molar-refractivity contribution in [3.8, 4) is 11.5 Å². The van der Waals surface area contributed by atoms with Gasteiger partial charge in [-0.3, -0.25) is 4.79 Å². The lowest BCUT2D eigenvalue weighted by Crippen LogP contribution is -2.35. The van der Waals surface area contributed by atoms with Gasteiger partial charge in [0.05, 0.1) is 6.61 Å². The maximum Gasteiger partial charge on any atom is 0.262 e. The first-order valence-electron chi connectivity index (χ1n) is 9.26. The van der Waals surface area contributed by atoms with Gasteiger partial charge in [0.2, 0.25) is 5.89 Å². The highest BCUT2D eigenvalue weighted by molar-refractivity contribution is 6.31. The summed E-state index contributed by atoms with van der Waals surface area (Å²) in [6.07, 6.45) is 3.03. The molecule has 0 radical (unpaired) electrons. The Kier molecular flexibility index (Phi) is 6.44. The van der Waals surface area contributed by atoms with Gasteiger partial charge in [0.15, 0.2) is 23.2 Å². The molecule has 7 heteroatoms. The molecule has 0 fully saturated rings. The predicted molar refractivity (Wildman–Crippen MR) is 114 cm³/mol. The number of aromatic nitrogens is 1. The van der Waals surface area contributed by atoms with Gasteiger partial charge in [0.25, 0.3) is 5.91 Å². The number of hydrogen-bond donors (Lipinski definition) is 0. The molecule has 0 spiro atoms. The second kappa shape index (κ2) is 9.01. The fourth-order valence-electron chi connectivity index (χ4n) is 2.76. The molecule has 0 saturated carbocycles. The van der Waals surface area contributed by atoms with Crippen LogP contribution in [0.5, 0.6) is 11.5 Å². The standard InChI is InChI=1S/C22H23ClN2O4/c1-5-27-20-12-15(6-9-19(20)28-14(2)22(26)25(3)4)7-11-21-24-17-13-16(23)8-10-18(17)29-21/h6-14H,5H2,1-4H3. The number of halogens is 1. The quantitative estimate of drug-likeness (QED) is 0.549. The summed E-state index contributed by atoms with van der Waals surface area (Å²) in [5.74, 6) is 1.44. The van der Waals surface area contributed by atoms with E-state index < -0.39 is 6.10 Å². The average Bonchev–Trinajstić information content (AvgIpc) is 3.09. The first-order valence-corrected chi connectivity index (χ1v) is 9.64. The van der Waals surface area contributed by atoms with Crippen molar-refractivity contribution in [2.45, 2.75) is 20.0 Å². The van der Waals surface area contributed by atoms with Gasteiger partial charge in [0, 0.05) is 25.2 Å². The molecule has 3 rings (SSSR count). The van der Waals surface area contributed by atoms with Gasteiger partial charge < -0.3 is 18.8 Å². The Labute approximate surface area is 174 Å². The lowest BCUT2D eigenvalue weighted by molar-refractivity contribution is -0.135. The van der Waals surface area contributed by atoms with E-state index in [1.807, 2.05) is 25.1 Å². The van der Waals surface area contributed by atoms with Crippen molar-refractivity contribution >= 4 is 40.8 Å². The summed E-state index contributed by atoms with van der Waals surface area (Å²) in [6.45, 7) is 4.08. The molecule has 0 N–H and O–H groups in total. The molecular formula is C22H23ClN2O4. The maximum absolute atomic E-state index is 12.1. The number of oxazole rings is 1. The lowest BCUT2D eigenvalue weighted by atomic mass is 10.2. The number of ether oxygens (including phenoxy) is 2. The molecule has 3 aromatic rings. The highest BCUT2D eigenvalue weighted by atomic mass is 35.5. The van der Waals surface area contributed by atoms with Crippen LogP contribution in [0.2, 0.25) is 5.02 Å². The van der Waals surface area contributed by atoms with E-state index in [-0.39, 0.29) is 5.91 Å². The number of amides is 1. The topological polar surface area (TPSA) is 64.8 Å². The number of hydrogen-bond acceptors (Lipinski definition) is 5. The maximum atomic E-state index is 12.1. The lowest BCUT2D eigenvalue weighted by Gasteiger charge is -2.20. The highest BCUT2D eigenvalue weighted by Crippen LogP contribution is 2.30. The summed E-state index contributed by atoms with van der Waals surface area (Å²) in [5, 5.41) is 0.611. The van der Waals surface area contributed by atoms with Crippen molar-refractivity contribution in [3.05, 3.63) is 52.9 Å². The van der Waals surface area contributed by atoms with Crippen LogP contribution in [0.4, 0.5) is 0 Å². The van der Waals surface area contributed by atoms with Crippen molar-refractivity contribution in [2.75, 3.05) is 20.7 Å². The first-order chi connectivity index (χ1) is 13.9. The number of carbonyl (C=O) groups is 1. The van der Waals surface area contributed by atoms with Crippen LogP contribution in [-0.2, 0) is 4.79 Å². The number of carbonyl (C=O) groups excluding carboxylic acids is 1. The molecule has 1 heterocycles. The molecule has 152 valence electrons. The number of likely N-dealkylation sites (N-methyl/N-ethyl adjacent to an activating group) is 1. The van der Waals surface area contributed by atoms with Gasteiger partial charge in [-0.15, -0.1) is 0 Å². The third kappa shape index (κ3) is 5.09. The number of nitrogens with zero attached hydrogens (tertiary/aromatic N) is 2. The molecule has 0 aliphatic rings. The second-order valence-corrected chi connectivity index (χ2v) is 7.07. The Balaban J connectivity index is 1.81. The smallest absolute Gasteiger partial charge is 0.262 e. The summed E-state index contributed by atoms with van der Waals surface area (Å²) in [6, 6.07) is 10.8. The summed E-state index contributed by atoms with van der Waals surface area (Å²) in [4.78, 5) is 18.0. The molecule has 1 aromatic heterocycles. The summed E-state index contributed by atoms with van der Waals surface area (Å²) >= 11 is 5.99. The van der Waals surface area contributed by atoms with E-state index in [2.05, 4.69) is 4.98 Å². The fourth-order valence-corrected chi connectivity index (χ4v) is 2.92. The minimum absolute atomic E-state index is 0.118. The Hall–Kier alpha value is -2.99. The molecule has 6 nitrogen and oxygen atoms in total. The second-order valence-electron chi connectivity index (χ2n) is 6.63. The van der Waals surface area contributed by atoms with E-state index >= 15 is 0 Å². The van der Waals surface area contributed by atoms with Crippen LogP contribution in [0.1, 0.15) is 25.3 Å². The molecule has 0 saturated heterocycles. The van der Waals surface area contributed by atoms with Crippen LogP contribution < -0.4 is 9.47 Å². The molecule has 0 aliphatic carbocycles. The molecule has 0 bridgehead atoms. The van der Waals surface area contributed by atoms with Crippen LogP contribution in [0.25, 0.3) is 23.3 Å². The zero-order chi connectivity index (χ0) is 21.0. The first kappa shape index (κ1) is 20.7. The Bertz CT molecular complexity index is 1040. The van der Waals surface area contributed by atoms with Gasteiger partial charge in [-0.05, 0) is 55.8 Å². The van der Waals surface area contributed by atoms with Gasteiger partial charge in [-0.25, -0.2) is 4.98 Å². The number of rotatable bonds is 7. The minimum Gasteiger partial charge on any atom is -0.490 e. The average molecular weight is 415 g/mol. The molecule has 2 aromatic carbocycles. The summed E-state index contributed by atoms with van der Waals surface area (Å²) in [5.41, 5.74) is 2.26. The van der Waals surface area contributed by atoms with Crippen molar-refractivity contribution in [1.82, 2.24) is 9.88 Å². The zero-order valence-electron chi connectivity index (χ0n) is 16.8. The van der Waals surface area contributed by atoms with E-state index in [1.54, 1.807) is 51.4 Å². The highest BCUT2D eigenvalue weighted by Gasteiger charge is 2.18. The van der Waals surface area contributed by atoms with Crippen LogP contribution in [0.15, 0.2) is 40.8 Å². The van der Waals surface area contributed by atoms with E-state index in [4.69, 9.17) is 25.5 Å². The minimum atomic E-state index is -0.614. The molecular weight excluding hydrogens is 392 g/mol.